The van der Waals surface area contributed by atoms with Crippen LogP contribution in [0.3, 0.4) is 0 Å². The first kappa shape index (κ1) is 130. The number of esters is 8. The largest absolute Gasteiger partial charge is 0.462 e. The summed E-state index contributed by atoms with van der Waals surface area (Å²) in [6.45, 7) is 96.9. The predicted octanol–water partition coefficient (Wildman–Crippen LogP) is 21.8. The van der Waals surface area contributed by atoms with Crippen molar-refractivity contribution in [3.05, 3.63) is 97.2 Å². The van der Waals surface area contributed by atoms with E-state index in [1.165, 1.54) is 0 Å². The van der Waals surface area contributed by atoms with Crippen LogP contribution in [0.2, 0.25) is 253 Å². The topological polar surface area (TPSA) is 358 Å². The van der Waals surface area contributed by atoms with E-state index >= 15 is 0 Å². The molecule has 3 rings (SSSR count). The second kappa shape index (κ2) is 54.4. The van der Waals surface area contributed by atoms with E-state index in [0.29, 0.717) is 175 Å². The number of rotatable bonds is 60. The Labute approximate surface area is 853 Å². The molecule has 798 valence electrons. The minimum Gasteiger partial charge on any atom is -0.462 e. The molecule has 0 aromatic carbocycles. The molecule has 7 unspecified atom stereocenters. The Kier molecular flexibility index (Phi) is 50.9. The molecule has 3 heterocycles. The number of hydrogen-bond acceptors (Lipinski definition) is 32. The Hall–Kier alpha value is -3.06. The van der Waals surface area contributed by atoms with E-state index in [-0.39, 0.29) is 69.5 Å². The molecule has 0 aromatic heterocycles. The van der Waals surface area contributed by atoms with Crippen LogP contribution in [0.25, 0.3) is 0 Å². The molecule has 50 heteroatoms. The molecule has 3 aliphatic heterocycles. The molecule has 0 N–H and O–H groups in total. The second-order valence-corrected chi connectivity index (χ2v) is 112. The van der Waals surface area contributed by atoms with E-state index in [4.69, 9.17) is 104 Å². The SMILES string of the molecule is C=C(C)C(=O)OCCC[Si]1(C)O[Si](C)(CCCOC(=O)C(=C)C)O[Si](C)(CC[Si](C)(C)O[Si](C)(C)O[Si](C)(C)CC[Si]2(C)O[Si](C)(CCCOC(=O)C(=C)C)O[Si](C)(CC[Si](C)(C)O[Si](C)(C)O[Si](C)(C)CC[Si]3(C)O[Si](C)(CCCOC(=O)C(=C)C)O[Si](C)(CCCOC(=O)C(=C)C)O[Si](C)(CCCOC(=O)C(=C)C)O3)O[Si](C)(C(C)CCOC(=O)C(=C)C)O2)O[Si](C)(CCCOC(=O)C(=C)C)O1. The maximum atomic E-state index is 13.1. The van der Waals surface area contributed by atoms with Crippen LogP contribution >= 0.6 is 0 Å². The summed E-state index contributed by atoms with van der Waals surface area (Å²) in [4.78, 5) is 102. The van der Waals surface area contributed by atoms with Gasteiger partial charge >= 0.3 is 168 Å². The zero-order valence-corrected chi connectivity index (χ0v) is 109. The molecule has 0 radical (unpaired) electrons. The summed E-state index contributed by atoms with van der Waals surface area (Å²) in [6.07, 6.45) is 3.48. The zero-order chi connectivity index (χ0) is 107. The van der Waals surface area contributed by atoms with Gasteiger partial charge in [-0.2, -0.15) is 0 Å². The molecule has 139 heavy (non-hydrogen) atoms. The third-order valence-corrected chi connectivity index (χ3v) is 105. The standard InChI is InChI=1S/C89H178O32Si18/c1-73(2)82(90)98-50-42-58-128(30)110-130(32,60-44-52-100-84(92)75(5)6)114-135(37,115-131(33,111-128)61-45-53-101-85(93)76(7)8)69-65-122(18,19)106-126(26,27)108-124(22,23)67-71-137(39)118-134(36,64-48-56-104-88(96)79(13)14)119-138(40,121-139(41,120-137)81(17)49-57-105-89(97)80(15)16)72-68-125(24,25)109-127(28,29)107-123(20,21)66-70-136(38)116-132(34,62-46-54-102-86(94)77(9)10)112-129(31,59-43-51-99-83(91)74(3)4)113-133(35,117-136)63-47-55-103-87(95)78(11)12/h81H,1,3,5,7,9,11,13,15,42-72H2,2,4,6,8,10,12,14,16-41H3. The van der Waals surface area contributed by atoms with E-state index in [1.54, 1.807) is 55.4 Å². The quantitative estimate of drug-likeness (QED) is 0.0179. The first-order valence-electron chi connectivity index (χ1n) is 49.0. The van der Waals surface area contributed by atoms with Gasteiger partial charge in [-0.25, -0.2) is 38.4 Å². The lowest BCUT2D eigenvalue weighted by Gasteiger charge is -2.52. The Morgan fingerprint density at radius 3 is 0.496 bits per heavy atom. The van der Waals surface area contributed by atoms with Crippen molar-refractivity contribution in [3.8, 4) is 0 Å². The van der Waals surface area contributed by atoms with Gasteiger partial charge < -0.3 is 104 Å². The normalized spacial score (nSPS) is 27.6. The van der Waals surface area contributed by atoms with Crippen molar-refractivity contribution in [1.82, 2.24) is 0 Å². The van der Waals surface area contributed by atoms with Gasteiger partial charge in [0.25, 0.3) is 0 Å². The molecule has 3 saturated heterocycles. The van der Waals surface area contributed by atoms with Crippen LogP contribution in [0.4, 0.5) is 0 Å². The summed E-state index contributed by atoms with van der Waals surface area (Å²) < 4.78 is 166. The van der Waals surface area contributed by atoms with Crippen molar-refractivity contribution < 1.29 is 142 Å². The molecule has 0 spiro atoms. The molecule has 0 saturated carbocycles. The average molecular weight is 2270 g/mol. The highest BCUT2D eigenvalue weighted by molar-refractivity contribution is 6.98. The van der Waals surface area contributed by atoms with Gasteiger partial charge in [-0.15, -0.1) is 0 Å². The lowest BCUT2D eigenvalue weighted by Crippen LogP contribution is -2.68. The van der Waals surface area contributed by atoms with Crippen LogP contribution in [0.15, 0.2) is 97.2 Å². The van der Waals surface area contributed by atoms with Crippen LogP contribution in [-0.4, -0.2) is 254 Å². The Bertz CT molecular complexity index is 3960. The van der Waals surface area contributed by atoms with Crippen LogP contribution < -0.4 is 0 Å². The van der Waals surface area contributed by atoms with Crippen molar-refractivity contribution >= 4 is 201 Å². The van der Waals surface area contributed by atoms with Gasteiger partial charge in [-0.1, -0.05) is 59.6 Å². The van der Waals surface area contributed by atoms with Crippen molar-refractivity contribution in [3.63, 3.8) is 0 Å². The van der Waals surface area contributed by atoms with Gasteiger partial charge in [-0.3, -0.25) is 0 Å². The van der Waals surface area contributed by atoms with Crippen molar-refractivity contribution in [2.45, 2.75) is 367 Å². The first-order valence-corrected chi connectivity index (χ1v) is 97.3. The van der Waals surface area contributed by atoms with Gasteiger partial charge in [0.15, 0.2) is 33.3 Å². The minimum atomic E-state index is -3.53. The Morgan fingerprint density at radius 2 is 0.353 bits per heavy atom. The van der Waals surface area contributed by atoms with Crippen molar-refractivity contribution in [2.75, 3.05) is 52.9 Å². The molecule has 3 aliphatic rings. The second-order valence-electron chi connectivity index (χ2n) is 43.7. The van der Waals surface area contributed by atoms with Gasteiger partial charge in [0.2, 0.25) is 0 Å². The average Bonchev–Trinajstić information content (AvgIpc) is 0.774. The molecule has 0 aromatic rings. The van der Waals surface area contributed by atoms with E-state index in [2.05, 4.69) is 177 Å². The molecule has 32 nitrogen and oxygen atoms in total. The Balaban J connectivity index is 2.12. The molecule has 0 bridgehead atoms. The van der Waals surface area contributed by atoms with Crippen molar-refractivity contribution in [2.24, 2.45) is 0 Å². The predicted molar refractivity (Wildman–Crippen MR) is 586 cm³/mol. The lowest BCUT2D eigenvalue weighted by atomic mass is 10.3. The van der Waals surface area contributed by atoms with Gasteiger partial charge in [0.05, 0.1) is 52.9 Å². The highest BCUT2D eigenvalue weighted by Gasteiger charge is 2.63. The van der Waals surface area contributed by atoms with Gasteiger partial charge in [0, 0.05) is 50.1 Å². The number of carbonyl (C=O) groups is 8. The summed E-state index contributed by atoms with van der Waals surface area (Å²) in [5.74, 6) is -3.91. The monoisotopic (exact) mass is 2260 g/mol. The molecular formula is C89H178O32Si18. The summed E-state index contributed by atoms with van der Waals surface area (Å²) in [5.41, 5.74) is 2.05. The molecular weight excluding hydrogens is 2090 g/mol. The highest BCUT2D eigenvalue weighted by atomic mass is 28.5. The van der Waals surface area contributed by atoms with Crippen molar-refractivity contribution in [1.29, 1.82) is 0 Å². The maximum absolute atomic E-state index is 13.1. The van der Waals surface area contributed by atoms with Crippen LogP contribution in [-0.2, 0) is 142 Å². The van der Waals surface area contributed by atoms with Crippen LogP contribution in [0, 0.1) is 0 Å². The Morgan fingerprint density at radius 1 is 0.223 bits per heavy atom. The number of carbonyl (C=O) groups excluding carboxylic acids is 8. The smallest absolute Gasteiger partial charge is 0.333 e. The highest BCUT2D eigenvalue weighted by Crippen LogP contribution is 2.47. The van der Waals surface area contributed by atoms with Crippen LogP contribution in [0.1, 0.15) is 114 Å². The van der Waals surface area contributed by atoms with E-state index in [9.17, 15) is 38.4 Å². The van der Waals surface area contributed by atoms with Gasteiger partial charge in [-0.05, 0) is 355 Å². The fourth-order valence-electron chi connectivity index (χ4n) is 17.5. The number of hydrogen-bond donors (Lipinski definition) is 0. The van der Waals surface area contributed by atoms with Gasteiger partial charge in [0.1, 0.15) is 0 Å². The van der Waals surface area contributed by atoms with E-state index in [1.807, 2.05) is 39.3 Å². The van der Waals surface area contributed by atoms with Crippen LogP contribution in [0.5, 0.6) is 0 Å². The summed E-state index contributed by atoms with van der Waals surface area (Å²) >= 11 is 0. The molecule has 7 atom stereocenters. The maximum Gasteiger partial charge on any atom is 0.333 e. The lowest BCUT2D eigenvalue weighted by molar-refractivity contribution is -0.139. The minimum absolute atomic E-state index is 0.0917. The third kappa shape index (κ3) is 48.9. The fourth-order valence-corrected chi connectivity index (χ4v) is 125. The third-order valence-electron chi connectivity index (χ3n) is 23.5. The summed E-state index contributed by atoms with van der Waals surface area (Å²) in [7, 11) is -57.4. The van der Waals surface area contributed by atoms with E-state index < -0.39 is 201 Å². The summed E-state index contributed by atoms with van der Waals surface area (Å²) in [6, 6.07) is 7.66. The number of ether oxygens (including phenoxy) is 8. The fraction of sp³-hybridized carbons (Fsp3) is 0.730. The zero-order valence-electron chi connectivity index (χ0n) is 91.2. The molecule has 3 fully saturated rings. The molecule has 0 amide bonds. The summed E-state index contributed by atoms with van der Waals surface area (Å²) in [5, 5.41) is 0. The molecule has 0 aliphatic carbocycles. The first-order chi connectivity index (χ1) is 63.2. The van der Waals surface area contributed by atoms with E-state index in [0.717, 1.165) is 0 Å².